The van der Waals surface area contributed by atoms with Gasteiger partial charge in [-0.1, -0.05) is 12.1 Å². The maximum Gasteiger partial charge on any atom is 0.291 e. The minimum atomic E-state index is -0.160. The van der Waals surface area contributed by atoms with Crippen molar-refractivity contribution in [1.29, 1.82) is 0 Å². The topological polar surface area (TPSA) is 56.1 Å². The molecule has 0 bridgehead atoms. The minimum absolute atomic E-state index is 0.160. The summed E-state index contributed by atoms with van der Waals surface area (Å²) >= 11 is 3.29. The van der Waals surface area contributed by atoms with Crippen LogP contribution in [0, 0.1) is 0 Å². The smallest absolute Gasteiger partial charge is 0.291 e. The third-order valence-corrected chi connectivity index (χ3v) is 3.34. The molecule has 0 fully saturated rings. The summed E-state index contributed by atoms with van der Waals surface area (Å²) in [4.78, 5) is 12.1. The zero-order valence-corrected chi connectivity index (χ0v) is 12.3. The minimum Gasteiger partial charge on any atom is -0.497 e. The molecule has 1 aromatic carbocycles. The van der Waals surface area contributed by atoms with E-state index in [0.717, 1.165) is 11.3 Å². The van der Waals surface area contributed by atoms with Gasteiger partial charge in [0.15, 0.2) is 0 Å². The summed E-state index contributed by atoms with van der Waals surface area (Å²) in [5.41, 5.74) is 1.33. The number of nitrogens with zero attached hydrogens (tertiary/aromatic N) is 2. The molecule has 1 heterocycles. The Labute approximate surface area is 119 Å². The van der Waals surface area contributed by atoms with E-state index in [1.54, 1.807) is 20.4 Å². The van der Waals surface area contributed by atoms with Gasteiger partial charge in [0.1, 0.15) is 11.4 Å². The van der Waals surface area contributed by atoms with Crippen molar-refractivity contribution in [3.8, 4) is 5.75 Å². The standard InChI is InChI=1S/C13H14BrN3O2/c1-15-12-11(14)7-16-17(13(12)18)8-9-3-5-10(19-2)6-4-9/h3-7,15H,8H2,1-2H3. The third kappa shape index (κ3) is 2.96. The fraction of sp³-hybridized carbons (Fsp3) is 0.231. The number of benzene rings is 1. The van der Waals surface area contributed by atoms with Crippen molar-refractivity contribution >= 4 is 21.6 Å². The number of aromatic nitrogens is 2. The highest BCUT2D eigenvalue weighted by atomic mass is 79.9. The van der Waals surface area contributed by atoms with E-state index >= 15 is 0 Å². The zero-order chi connectivity index (χ0) is 13.8. The zero-order valence-electron chi connectivity index (χ0n) is 10.7. The van der Waals surface area contributed by atoms with E-state index in [1.165, 1.54) is 4.68 Å². The van der Waals surface area contributed by atoms with Crippen LogP contribution in [-0.4, -0.2) is 23.9 Å². The van der Waals surface area contributed by atoms with E-state index in [1.807, 2.05) is 24.3 Å². The summed E-state index contributed by atoms with van der Waals surface area (Å²) in [5.74, 6) is 0.788. The molecular weight excluding hydrogens is 310 g/mol. The Morgan fingerprint density at radius 2 is 2.05 bits per heavy atom. The van der Waals surface area contributed by atoms with Gasteiger partial charge in [-0.3, -0.25) is 4.79 Å². The lowest BCUT2D eigenvalue weighted by atomic mass is 10.2. The van der Waals surface area contributed by atoms with E-state index in [2.05, 4.69) is 26.3 Å². The third-order valence-electron chi connectivity index (χ3n) is 2.74. The molecule has 0 radical (unpaired) electrons. The summed E-state index contributed by atoms with van der Waals surface area (Å²) < 4.78 is 7.17. The average Bonchev–Trinajstić information content (AvgIpc) is 2.43. The Balaban J connectivity index is 2.30. The van der Waals surface area contributed by atoms with E-state index in [9.17, 15) is 4.79 Å². The highest BCUT2D eigenvalue weighted by Crippen LogP contribution is 2.16. The van der Waals surface area contributed by atoms with Crippen LogP contribution in [0.15, 0.2) is 39.7 Å². The van der Waals surface area contributed by atoms with Crippen molar-refractivity contribution in [2.24, 2.45) is 0 Å². The molecule has 2 rings (SSSR count). The van der Waals surface area contributed by atoms with Gasteiger partial charge in [0.05, 0.1) is 24.3 Å². The molecular formula is C13H14BrN3O2. The number of rotatable bonds is 4. The van der Waals surface area contributed by atoms with Crippen LogP contribution in [0.25, 0.3) is 0 Å². The number of halogens is 1. The molecule has 19 heavy (non-hydrogen) atoms. The molecule has 100 valence electrons. The number of ether oxygens (including phenoxy) is 1. The summed E-state index contributed by atoms with van der Waals surface area (Å²) in [5, 5.41) is 6.98. The molecule has 0 amide bonds. The molecule has 0 atom stereocenters. The predicted octanol–water partition coefficient (Wildman–Crippen LogP) is 2.10. The van der Waals surface area contributed by atoms with Crippen LogP contribution in [-0.2, 0) is 6.54 Å². The molecule has 0 aliphatic heterocycles. The number of hydrogen-bond donors (Lipinski definition) is 1. The van der Waals surface area contributed by atoms with Gasteiger partial charge >= 0.3 is 0 Å². The number of anilines is 1. The van der Waals surface area contributed by atoms with Gasteiger partial charge in [-0.2, -0.15) is 5.10 Å². The maximum atomic E-state index is 12.1. The molecule has 0 saturated heterocycles. The predicted molar refractivity (Wildman–Crippen MR) is 77.8 cm³/mol. The first-order chi connectivity index (χ1) is 9.15. The van der Waals surface area contributed by atoms with Gasteiger partial charge in [0.2, 0.25) is 0 Å². The van der Waals surface area contributed by atoms with Crippen molar-refractivity contribution < 1.29 is 4.74 Å². The lowest BCUT2D eigenvalue weighted by Crippen LogP contribution is -2.25. The highest BCUT2D eigenvalue weighted by Gasteiger charge is 2.08. The number of hydrogen-bond acceptors (Lipinski definition) is 4. The molecule has 2 aromatic rings. The van der Waals surface area contributed by atoms with Crippen LogP contribution < -0.4 is 15.6 Å². The molecule has 5 nitrogen and oxygen atoms in total. The SMILES string of the molecule is CNc1c(Br)cnn(Cc2ccc(OC)cc2)c1=O. The van der Waals surface area contributed by atoms with Crippen LogP contribution in [0.4, 0.5) is 5.69 Å². The quantitative estimate of drug-likeness (QED) is 0.936. The first-order valence-corrected chi connectivity index (χ1v) is 6.51. The maximum absolute atomic E-state index is 12.1. The summed E-state index contributed by atoms with van der Waals surface area (Å²) in [6.07, 6.45) is 1.61. The van der Waals surface area contributed by atoms with Crippen LogP contribution >= 0.6 is 15.9 Å². The van der Waals surface area contributed by atoms with Gasteiger partial charge in [-0.05, 0) is 33.6 Å². The number of nitrogens with one attached hydrogen (secondary N) is 1. The van der Waals surface area contributed by atoms with Crippen molar-refractivity contribution in [2.75, 3.05) is 19.5 Å². The molecule has 0 aliphatic carbocycles. The largest absolute Gasteiger partial charge is 0.497 e. The van der Waals surface area contributed by atoms with Crippen molar-refractivity contribution in [3.05, 3.63) is 50.9 Å². The molecule has 0 unspecified atom stereocenters. The van der Waals surface area contributed by atoms with E-state index in [4.69, 9.17) is 4.74 Å². The molecule has 0 aliphatic rings. The van der Waals surface area contributed by atoms with Gasteiger partial charge in [-0.15, -0.1) is 0 Å². The van der Waals surface area contributed by atoms with Crippen LogP contribution in [0.2, 0.25) is 0 Å². The van der Waals surface area contributed by atoms with Crippen molar-refractivity contribution in [3.63, 3.8) is 0 Å². The monoisotopic (exact) mass is 323 g/mol. The fourth-order valence-electron chi connectivity index (χ4n) is 1.71. The van der Waals surface area contributed by atoms with E-state index < -0.39 is 0 Å². The summed E-state index contributed by atoms with van der Waals surface area (Å²) in [7, 11) is 3.33. The van der Waals surface area contributed by atoms with Gasteiger partial charge in [0, 0.05) is 7.05 Å². The normalized spacial score (nSPS) is 10.3. The van der Waals surface area contributed by atoms with Crippen molar-refractivity contribution in [2.45, 2.75) is 6.54 Å². The molecule has 0 spiro atoms. The van der Waals surface area contributed by atoms with E-state index in [0.29, 0.717) is 16.7 Å². The summed E-state index contributed by atoms with van der Waals surface area (Å²) in [6.45, 7) is 0.421. The first-order valence-electron chi connectivity index (χ1n) is 5.72. The Hall–Kier alpha value is -1.82. The van der Waals surface area contributed by atoms with Crippen LogP contribution in [0.3, 0.4) is 0 Å². The Morgan fingerprint density at radius 3 is 2.63 bits per heavy atom. The molecule has 6 heteroatoms. The van der Waals surface area contributed by atoms with Crippen LogP contribution in [0.1, 0.15) is 5.56 Å². The molecule has 1 N–H and O–H groups in total. The first kappa shape index (κ1) is 13.6. The second-order valence-electron chi connectivity index (χ2n) is 3.93. The highest BCUT2D eigenvalue weighted by molar-refractivity contribution is 9.10. The Kier molecular flexibility index (Phi) is 4.21. The van der Waals surface area contributed by atoms with Gasteiger partial charge in [-0.25, -0.2) is 4.68 Å². The Bertz CT molecular complexity index is 623. The molecule has 1 aromatic heterocycles. The average molecular weight is 324 g/mol. The number of methoxy groups -OCH3 is 1. The van der Waals surface area contributed by atoms with Crippen LogP contribution in [0.5, 0.6) is 5.75 Å². The van der Waals surface area contributed by atoms with Crippen molar-refractivity contribution in [1.82, 2.24) is 9.78 Å². The molecule has 0 saturated carbocycles. The lowest BCUT2D eigenvalue weighted by Gasteiger charge is -2.09. The summed E-state index contributed by atoms with van der Waals surface area (Å²) in [6, 6.07) is 7.54. The second-order valence-corrected chi connectivity index (χ2v) is 4.78. The fourth-order valence-corrected chi connectivity index (χ4v) is 2.17. The van der Waals surface area contributed by atoms with Gasteiger partial charge in [0.25, 0.3) is 5.56 Å². The Morgan fingerprint density at radius 1 is 1.37 bits per heavy atom. The second kappa shape index (κ2) is 5.88. The lowest BCUT2D eigenvalue weighted by molar-refractivity contribution is 0.414. The van der Waals surface area contributed by atoms with E-state index in [-0.39, 0.29) is 5.56 Å². The van der Waals surface area contributed by atoms with Gasteiger partial charge < -0.3 is 10.1 Å².